The molecule has 0 fully saturated rings. The Morgan fingerprint density at radius 1 is 1.29 bits per heavy atom. The minimum atomic E-state index is -0.157. The van der Waals surface area contributed by atoms with E-state index in [-0.39, 0.29) is 11.6 Å². The summed E-state index contributed by atoms with van der Waals surface area (Å²) in [4.78, 5) is 19.0. The molecule has 3 rings (SSSR count). The van der Waals surface area contributed by atoms with E-state index in [1.165, 1.54) is 0 Å². The largest absolute Gasteiger partial charge is 0.497 e. The molecular weight excluding hydrogens is 356 g/mol. The predicted octanol–water partition coefficient (Wildman–Crippen LogP) is 2.77. The number of carbonyl (C=O) groups is 1. The van der Waals surface area contributed by atoms with Crippen molar-refractivity contribution >= 4 is 28.2 Å². The SMILES string of the molecule is CNC(=O)c1cc2cc(NN(C)/C=C\C(=N)c3cc(OC)ccn3)ccc2[nH]1. The first-order valence-corrected chi connectivity index (χ1v) is 8.61. The van der Waals surface area contributed by atoms with Crippen molar-refractivity contribution in [1.29, 1.82) is 5.41 Å². The fourth-order valence-corrected chi connectivity index (χ4v) is 2.66. The molecule has 4 N–H and O–H groups in total. The third-order valence-electron chi connectivity index (χ3n) is 4.11. The van der Waals surface area contributed by atoms with Gasteiger partial charge in [0.2, 0.25) is 0 Å². The van der Waals surface area contributed by atoms with Crippen LogP contribution in [0.3, 0.4) is 0 Å². The summed E-state index contributed by atoms with van der Waals surface area (Å²) in [5.74, 6) is 0.501. The highest BCUT2D eigenvalue weighted by molar-refractivity contribution is 6.05. The summed E-state index contributed by atoms with van der Waals surface area (Å²) in [6.07, 6.45) is 4.99. The lowest BCUT2D eigenvalue weighted by molar-refractivity contribution is 0.0959. The van der Waals surface area contributed by atoms with Gasteiger partial charge in [-0.3, -0.25) is 25.6 Å². The van der Waals surface area contributed by atoms with Crippen molar-refractivity contribution in [3.8, 4) is 5.75 Å². The number of methoxy groups -OCH3 is 1. The zero-order chi connectivity index (χ0) is 20.1. The minimum Gasteiger partial charge on any atom is -0.497 e. The van der Waals surface area contributed by atoms with Crippen molar-refractivity contribution in [2.45, 2.75) is 0 Å². The predicted molar refractivity (Wildman–Crippen MR) is 110 cm³/mol. The molecule has 0 saturated carbocycles. The summed E-state index contributed by atoms with van der Waals surface area (Å²) in [7, 11) is 5.01. The van der Waals surface area contributed by atoms with E-state index in [4.69, 9.17) is 10.1 Å². The van der Waals surface area contributed by atoms with Crippen LogP contribution in [0.2, 0.25) is 0 Å². The molecular formula is C20H22N6O2. The summed E-state index contributed by atoms with van der Waals surface area (Å²) in [6, 6.07) is 11.0. The molecule has 0 radical (unpaired) electrons. The highest BCUT2D eigenvalue weighted by atomic mass is 16.5. The Hall–Kier alpha value is -3.81. The molecule has 1 amide bonds. The average Bonchev–Trinajstić information content (AvgIpc) is 3.14. The maximum Gasteiger partial charge on any atom is 0.267 e. The van der Waals surface area contributed by atoms with Crippen LogP contribution < -0.4 is 15.5 Å². The van der Waals surface area contributed by atoms with Crippen LogP contribution in [0.15, 0.2) is 54.9 Å². The molecule has 3 aromatic rings. The number of nitrogens with one attached hydrogen (secondary N) is 4. The van der Waals surface area contributed by atoms with Gasteiger partial charge in [-0.25, -0.2) is 0 Å². The summed E-state index contributed by atoms with van der Waals surface area (Å²) in [5, 5.41) is 13.4. The van der Waals surface area contributed by atoms with Gasteiger partial charge in [-0.1, -0.05) is 0 Å². The number of amides is 1. The maximum absolute atomic E-state index is 11.7. The first-order valence-electron chi connectivity index (χ1n) is 8.61. The number of H-pyrrole nitrogens is 1. The molecule has 144 valence electrons. The van der Waals surface area contributed by atoms with E-state index in [1.54, 1.807) is 55.8 Å². The van der Waals surface area contributed by atoms with Crippen LogP contribution in [0, 0.1) is 5.41 Å². The maximum atomic E-state index is 11.7. The van der Waals surface area contributed by atoms with Crippen LogP contribution in [0.1, 0.15) is 16.2 Å². The first kappa shape index (κ1) is 19.0. The van der Waals surface area contributed by atoms with Gasteiger partial charge in [0.15, 0.2) is 0 Å². The Labute approximate surface area is 162 Å². The number of allylic oxidation sites excluding steroid dienone is 1. The third-order valence-corrected chi connectivity index (χ3v) is 4.11. The number of aromatic nitrogens is 2. The van der Waals surface area contributed by atoms with Gasteiger partial charge in [-0.2, -0.15) is 0 Å². The zero-order valence-electron chi connectivity index (χ0n) is 15.9. The van der Waals surface area contributed by atoms with E-state index in [0.717, 1.165) is 16.6 Å². The van der Waals surface area contributed by atoms with Crippen LogP contribution in [-0.2, 0) is 0 Å². The number of carbonyl (C=O) groups excluding carboxylic acids is 1. The lowest BCUT2D eigenvalue weighted by Crippen LogP contribution is -2.19. The van der Waals surface area contributed by atoms with Crippen LogP contribution in [-0.4, -0.2) is 47.8 Å². The van der Waals surface area contributed by atoms with E-state index in [2.05, 4.69) is 20.7 Å². The second-order valence-electron chi connectivity index (χ2n) is 6.10. The van der Waals surface area contributed by atoms with E-state index in [0.29, 0.717) is 17.1 Å². The lowest BCUT2D eigenvalue weighted by Gasteiger charge is -2.17. The lowest BCUT2D eigenvalue weighted by atomic mass is 10.2. The second-order valence-corrected chi connectivity index (χ2v) is 6.10. The second kappa shape index (κ2) is 8.26. The Bertz CT molecular complexity index is 1040. The van der Waals surface area contributed by atoms with Gasteiger partial charge in [0, 0.05) is 43.5 Å². The molecule has 28 heavy (non-hydrogen) atoms. The van der Waals surface area contributed by atoms with Crippen molar-refractivity contribution in [3.05, 3.63) is 66.3 Å². The Morgan fingerprint density at radius 2 is 2.11 bits per heavy atom. The van der Waals surface area contributed by atoms with Gasteiger partial charge >= 0.3 is 0 Å². The molecule has 2 heterocycles. The number of hydrogen-bond acceptors (Lipinski definition) is 6. The summed E-state index contributed by atoms with van der Waals surface area (Å²) >= 11 is 0. The first-order chi connectivity index (χ1) is 13.5. The quantitative estimate of drug-likeness (QED) is 0.374. The number of ether oxygens (including phenoxy) is 1. The van der Waals surface area contributed by atoms with Gasteiger partial charge < -0.3 is 15.0 Å². The third kappa shape index (κ3) is 4.29. The molecule has 0 atom stereocenters. The van der Waals surface area contributed by atoms with Gasteiger partial charge in [0.05, 0.1) is 24.2 Å². The Kier molecular flexibility index (Phi) is 5.59. The number of aromatic amines is 1. The molecule has 8 heteroatoms. The fraction of sp³-hybridized carbons (Fsp3) is 0.150. The van der Waals surface area contributed by atoms with Crippen molar-refractivity contribution in [2.24, 2.45) is 0 Å². The van der Waals surface area contributed by atoms with Gasteiger partial charge in [-0.05, 0) is 36.4 Å². The monoisotopic (exact) mass is 378 g/mol. The Morgan fingerprint density at radius 3 is 2.86 bits per heavy atom. The van der Waals surface area contributed by atoms with Crippen molar-refractivity contribution in [1.82, 2.24) is 20.3 Å². The van der Waals surface area contributed by atoms with Crippen LogP contribution in [0.4, 0.5) is 5.69 Å². The number of hydrazine groups is 1. The molecule has 0 aliphatic heterocycles. The normalized spacial score (nSPS) is 10.8. The van der Waals surface area contributed by atoms with Crippen molar-refractivity contribution < 1.29 is 9.53 Å². The van der Waals surface area contributed by atoms with Crippen LogP contribution >= 0.6 is 0 Å². The van der Waals surface area contributed by atoms with Gasteiger partial charge in [-0.15, -0.1) is 0 Å². The summed E-state index contributed by atoms with van der Waals surface area (Å²) < 4.78 is 5.16. The standard InChI is InChI=1S/C20H22N6O2/c1-22-20(27)19-11-13-10-14(4-5-17(13)24-19)25-26(2)9-7-16(21)18-12-15(28-3)6-8-23-18/h4-12,21,24-25H,1-3H3,(H,22,27)/b9-7-,21-16?. The molecule has 0 saturated heterocycles. The number of fused-ring (bicyclic) bond motifs is 1. The van der Waals surface area contributed by atoms with Crippen LogP contribution in [0.5, 0.6) is 5.75 Å². The van der Waals surface area contributed by atoms with E-state index < -0.39 is 0 Å². The van der Waals surface area contributed by atoms with Gasteiger partial charge in [0.25, 0.3) is 5.91 Å². The molecule has 0 unspecified atom stereocenters. The van der Waals surface area contributed by atoms with Gasteiger partial charge in [0.1, 0.15) is 11.4 Å². The molecule has 0 aliphatic rings. The minimum absolute atomic E-state index is 0.157. The smallest absolute Gasteiger partial charge is 0.267 e. The highest BCUT2D eigenvalue weighted by Gasteiger charge is 2.08. The van der Waals surface area contributed by atoms with E-state index in [9.17, 15) is 4.79 Å². The highest BCUT2D eigenvalue weighted by Crippen LogP contribution is 2.20. The molecule has 8 nitrogen and oxygen atoms in total. The van der Waals surface area contributed by atoms with E-state index in [1.807, 2.05) is 25.2 Å². The fourth-order valence-electron chi connectivity index (χ4n) is 2.66. The average molecular weight is 378 g/mol. The number of pyridine rings is 1. The zero-order valence-corrected chi connectivity index (χ0v) is 15.9. The molecule has 1 aromatic carbocycles. The molecule has 0 aliphatic carbocycles. The Balaban J connectivity index is 1.68. The number of benzene rings is 1. The number of anilines is 1. The summed E-state index contributed by atoms with van der Waals surface area (Å²) in [6.45, 7) is 0. The summed E-state index contributed by atoms with van der Waals surface area (Å²) in [5.41, 5.74) is 6.25. The molecule has 0 spiro atoms. The molecule has 2 aromatic heterocycles. The van der Waals surface area contributed by atoms with E-state index >= 15 is 0 Å². The molecule has 0 bridgehead atoms. The number of rotatable bonds is 7. The van der Waals surface area contributed by atoms with Crippen molar-refractivity contribution in [2.75, 3.05) is 26.6 Å². The van der Waals surface area contributed by atoms with Crippen LogP contribution in [0.25, 0.3) is 10.9 Å². The number of hydrogen-bond donors (Lipinski definition) is 4. The topological polar surface area (TPSA) is 106 Å². The number of nitrogens with zero attached hydrogens (tertiary/aromatic N) is 2. The van der Waals surface area contributed by atoms with Crippen molar-refractivity contribution in [3.63, 3.8) is 0 Å².